The van der Waals surface area contributed by atoms with Gasteiger partial charge in [-0.3, -0.25) is 4.79 Å². The fraction of sp³-hybridized carbons (Fsp3) is 0.400. The maximum Gasteiger partial charge on any atom is 0.253 e. The fourth-order valence-corrected chi connectivity index (χ4v) is 4.57. The van der Waals surface area contributed by atoms with Crippen molar-refractivity contribution in [2.45, 2.75) is 51.6 Å². The van der Waals surface area contributed by atoms with E-state index in [9.17, 15) is 15.0 Å². The van der Waals surface area contributed by atoms with Gasteiger partial charge in [-0.05, 0) is 75.4 Å². The highest BCUT2D eigenvalue weighted by molar-refractivity contribution is 6.08. The van der Waals surface area contributed by atoms with E-state index in [0.29, 0.717) is 17.4 Å². The molecule has 3 aromatic rings. The molecular weight excluding hydrogens is 390 g/mol. The van der Waals surface area contributed by atoms with E-state index in [0.717, 1.165) is 55.4 Å². The highest BCUT2D eigenvalue weighted by Crippen LogP contribution is 2.26. The molecule has 0 aliphatic carbocycles. The molecule has 1 aliphatic rings. The minimum atomic E-state index is -0.0758. The number of aryl methyl sites for hydroxylation is 2. The molecule has 1 aliphatic heterocycles. The molecule has 2 aromatic carbocycles. The van der Waals surface area contributed by atoms with Crippen molar-refractivity contribution in [2.75, 3.05) is 13.1 Å². The van der Waals surface area contributed by atoms with E-state index in [-0.39, 0.29) is 17.7 Å². The molecule has 0 spiro atoms. The van der Waals surface area contributed by atoms with Gasteiger partial charge in [0.05, 0.1) is 5.56 Å². The van der Waals surface area contributed by atoms with Crippen molar-refractivity contribution in [3.05, 3.63) is 59.3 Å². The van der Waals surface area contributed by atoms with Crippen LogP contribution in [0.4, 0.5) is 0 Å². The molecule has 6 heteroatoms. The molecule has 164 valence electrons. The number of hydrogen-bond acceptors (Lipinski definition) is 4. The van der Waals surface area contributed by atoms with Crippen LogP contribution in [0.5, 0.6) is 11.5 Å². The Balaban J connectivity index is 1.30. The van der Waals surface area contributed by atoms with E-state index in [2.05, 4.69) is 22.1 Å². The van der Waals surface area contributed by atoms with Crippen molar-refractivity contribution < 1.29 is 15.0 Å². The number of phenolic OH excluding ortho intramolecular Hbond substituents is 2. The Hall–Kier alpha value is -2.99. The van der Waals surface area contributed by atoms with Crippen LogP contribution in [0.15, 0.2) is 42.5 Å². The van der Waals surface area contributed by atoms with Crippen LogP contribution in [-0.4, -0.2) is 51.2 Å². The molecule has 0 bridgehead atoms. The number of rotatable bonds is 6. The van der Waals surface area contributed by atoms with E-state index in [1.165, 1.54) is 5.56 Å². The van der Waals surface area contributed by atoms with E-state index in [1.54, 1.807) is 30.3 Å². The zero-order chi connectivity index (χ0) is 22.0. The lowest BCUT2D eigenvalue weighted by Crippen LogP contribution is -2.47. The second kappa shape index (κ2) is 9.02. The number of benzene rings is 2. The molecule has 2 heterocycles. The van der Waals surface area contributed by atoms with Crippen LogP contribution in [-0.2, 0) is 6.42 Å². The van der Waals surface area contributed by atoms with Gasteiger partial charge in [-0.25, -0.2) is 0 Å². The lowest BCUT2D eigenvalue weighted by atomic mass is 9.99. The predicted molar refractivity (Wildman–Crippen MR) is 123 cm³/mol. The van der Waals surface area contributed by atoms with Crippen LogP contribution < -0.4 is 5.32 Å². The molecule has 0 radical (unpaired) electrons. The molecule has 6 nitrogen and oxygen atoms in total. The summed E-state index contributed by atoms with van der Waals surface area (Å²) in [7, 11) is 0. The quantitative estimate of drug-likeness (QED) is 0.482. The number of nitrogens with one attached hydrogen (secondary N) is 2. The number of aromatic nitrogens is 1. The summed E-state index contributed by atoms with van der Waals surface area (Å²) in [5.41, 5.74) is 3.54. The zero-order valence-corrected chi connectivity index (χ0v) is 18.2. The molecule has 1 fully saturated rings. The smallest absolute Gasteiger partial charge is 0.253 e. The lowest BCUT2D eigenvalue weighted by molar-refractivity contribution is 0.0894. The number of nitrogens with zero attached hydrogens (tertiary/aromatic N) is 1. The largest absolute Gasteiger partial charge is 0.508 e. The second-order valence-electron chi connectivity index (χ2n) is 8.69. The van der Waals surface area contributed by atoms with Crippen molar-refractivity contribution in [2.24, 2.45) is 0 Å². The number of H-pyrrole nitrogens is 1. The number of carbonyl (C=O) groups excluding carboxylic acids is 1. The van der Waals surface area contributed by atoms with Crippen LogP contribution in [0, 0.1) is 6.92 Å². The number of piperidine rings is 1. The number of aromatic amines is 1. The third-order valence-corrected chi connectivity index (χ3v) is 6.47. The van der Waals surface area contributed by atoms with Crippen molar-refractivity contribution in [3.8, 4) is 11.5 Å². The standard InChI is InChI=1S/C25H31N3O3/c1-16(3-4-18-5-7-20(29)8-6-18)28-13-11-19(12-14-28)27-25(31)24-17(2)26-23-10-9-21(30)15-22(23)24/h5-10,15-16,19,26,29-30H,3-4,11-14H2,1-2H3,(H,27,31). The third kappa shape index (κ3) is 4.85. The maximum atomic E-state index is 13.0. The molecular formula is C25H31N3O3. The van der Waals surface area contributed by atoms with Gasteiger partial charge in [-0.15, -0.1) is 0 Å². The molecule has 1 atom stereocenters. The average molecular weight is 422 g/mol. The molecule has 4 N–H and O–H groups in total. The molecule has 1 saturated heterocycles. The summed E-state index contributed by atoms with van der Waals surface area (Å²) >= 11 is 0. The Morgan fingerprint density at radius 2 is 1.81 bits per heavy atom. The zero-order valence-electron chi connectivity index (χ0n) is 18.2. The minimum Gasteiger partial charge on any atom is -0.508 e. The van der Waals surface area contributed by atoms with Crippen molar-refractivity contribution >= 4 is 16.8 Å². The Labute approximate surface area is 182 Å². The average Bonchev–Trinajstić information content (AvgIpc) is 3.08. The summed E-state index contributed by atoms with van der Waals surface area (Å²) in [6, 6.07) is 13.2. The van der Waals surface area contributed by atoms with E-state index >= 15 is 0 Å². The summed E-state index contributed by atoms with van der Waals surface area (Å²) in [6.45, 7) is 6.09. The van der Waals surface area contributed by atoms with Crippen molar-refractivity contribution in [1.82, 2.24) is 15.2 Å². The van der Waals surface area contributed by atoms with Crippen molar-refractivity contribution in [1.29, 1.82) is 0 Å². The molecule has 4 rings (SSSR count). The summed E-state index contributed by atoms with van der Waals surface area (Å²) in [5.74, 6) is 0.392. The number of likely N-dealkylation sites (tertiary alicyclic amines) is 1. The van der Waals surface area contributed by atoms with Gasteiger partial charge < -0.3 is 25.4 Å². The number of fused-ring (bicyclic) bond motifs is 1. The minimum absolute atomic E-state index is 0.0758. The third-order valence-electron chi connectivity index (χ3n) is 6.47. The topological polar surface area (TPSA) is 88.6 Å². The van der Waals surface area contributed by atoms with E-state index in [1.807, 2.05) is 19.1 Å². The molecule has 1 amide bonds. The van der Waals surface area contributed by atoms with Gasteiger partial charge in [0.15, 0.2) is 0 Å². The number of hydrogen-bond donors (Lipinski definition) is 4. The molecule has 0 saturated carbocycles. The SMILES string of the molecule is Cc1[nH]c2ccc(O)cc2c1C(=O)NC1CCN(C(C)CCc2ccc(O)cc2)CC1. The van der Waals surface area contributed by atoms with Crippen LogP contribution in [0.25, 0.3) is 10.9 Å². The van der Waals surface area contributed by atoms with Gasteiger partial charge in [0, 0.05) is 41.8 Å². The first-order valence-corrected chi connectivity index (χ1v) is 11.0. The summed E-state index contributed by atoms with van der Waals surface area (Å²) < 4.78 is 0. The summed E-state index contributed by atoms with van der Waals surface area (Å²) in [6.07, 6.45) is 3.93. The Bertz CT molecular complexity index is 1050. The van der Waals surface area contributed by atoms with Gasteiger partial charge in [0.1, 0.15) is 11.5 Å². The van der Waals surface area contributed by atoms with Crippen molar-refractivity contribution in [3.63, 3.8) is 0 Å². The molecule has 1 aromatic heterocycles. The van der Waals surface area contributed by atoms with Gasteiger partial charge in [-0.2, -0.15) is 0 Å². The highest BCUT2D eigenvalue weighted by atomic mass is 16.3. The van der Waals surface area contributed by atoms with Crippen LogP contribution in [0.2, 0.25) is 0 Å². The van der Waals surface area contributed by atoms with Crippen LogP contribution in [0.1, 0.15) is 47.8 Å². The number of phenols is 2. The van der Waals surface area contributed by atoms with Gasteiger partial charge in [-0.1, -0.05) is 12.1 Å². The van der Waals surface area contributed by atoms with E-state index < -0.39 is 0 Å². The molecule has 31 heavy (non-hydrogen) atoms. The molecule has 1 unspecified atom stereocenters. The van der Waals surface area contributed by atoms with Crippen LogP contribution in [0.3, 0.4) is 0 Å². The number of carbonyl (C=O) groups is 1. The lowest BCUT2D eigenvalue weighted by Gasteiger charge is -2.36. The highest BCUT2D eigenvalue weighted by Gasteiger charge is 2.25. The Kier molecular flexibility index (Phi) is 6.18. The summed E-state index contributed by atoms with van der Waals surface area (Å²) in [5, 5.41) is 23.2. The fourth-order valence-electron chi connectivity index (χ4n) is 4.57. The Morgan fingerprint density at radius 3 is 2.52 bits per heavy atom. The first-order chi connectivity index (χ1) is 14.9. The maximum absolute atomic E-state index is 13.0. The first-order valence-electron chi connectivity index (χ1n) is 11.0. The summed E-state index contributed by atoms with van der Waals surface area (Å²) in [4.78, 5) is 18.7. The Morgan fingerprint density at radius 1 is 1.13 bits per heavy atom. The first kappa shape index (κ1) is 21.2. The predicted octanol–water partition coefficient (Wildman–Crippen LogP) is 4.10. The second-order valence-corrected chi connectivity index (χ2v) is 8.69. The van der Waals surface area contributed by atoms with Gasteiger partial charge in [0.2, 0.25) is 0 Å². The monoisotopic (exact) mass is 421 g/mol. The van der Waals surface area contributed by atoms with Gasteiger partial charge >= 0.3 is 0 Å². The van der Waals surface area contributed by atoms with Crippen LogP contribution >= 0.6 is 0 Å². The van der Waals surface area contributed by atoms with Gasteiger partial charge in [0.25, 0.3) is 5.91 Å². The van der Waals surface area contributed by atoms with E-state index in [4.69, 9.17) is 0 Å². The number of amides is 1. The number of aromatic hydroxyl groups is 2. The normalized spacial score (nSPS) is 16.5.